The fourth-order valence-corrected chi connectivity index (χ4v) is 27.5. The average molecular weight is 1890 g/mol. The zero-order valence-electron chi connectivity index (χ0n) is 76.8. The maximum absolute atomic E-state index is 6.37. The normalized spacial score (nSPS) is 14.3. The van der Waals surface area contributed by atoms with Gasteiger partial charge in [-0.3, -0.25) is 29.0 Å². The summed E-state index contributed by atoms with van der Waals surface area (Å²) in [5.41, 5.74) is 24.4. The standard InChI is InChI=1S/C17H19N5S2.C17H21N3S.C16H18ClN3S.C16H17N5OS.C16H17N5S2.C13H15N3S/c1-8-6-9(2)19-17-13(8)14-15(24-17)16(21-22(14)5)18-7-12-10(3)20-11(4)23-12;1-10-8-11(2)19-17-14(10)13-9-18-16(15(13)21-17)20-12-6-4-3-5-7-12;1-7-12-11-6-18-15(19-8(2)10-4-5-10)14(11)21-16(12)20-9(3)13(7)17;1-8-5-9(2)18-16-12(8)13-14(23-16)15(19-21(13)4)17-7-11-6-10(3)22-20-11;1-8-5-9(2)19-16-12(8)13-14(23-16)15(20-21(13)4)17-6-11-18-10(3)7-22-11;1-4-14-12-11-9(6-15-12)10-7(2)5-8(3)16-13(10)17-11/h6H,7H2,1-5H3,(H,18,21);8,12H,3-7,9H2,1-2H3,(H,18,20);8,10H,4-6H2,1-3H3,(H,18,19);5-6H,7H2,1-4H3,(H,17,19);5,7H,6H2,1-4H3,(H,17,20);5H,4,6H2,1-3H3,(H,14,15). The molecule has 5 aliphatic rings. The zero-order chi connectivity index (χ0) is 90.4. The van der Waals surface area contributed by atoms with Crippen LogP contribution in [0.3, 0.4) is 0 Å². The van der Waals surface area contributed by atoms with Crippen molar-refractivity contribution in [3.8, 4) is 0 Å². The molecule has 0 bridgehead atoms. The van der Waals surface area contributed by atoms with Gasteiger partial charge in [-0.2, -0.15) is 15.3 Å². The van der Waals surface area contributed by atoms with Gasteiger partial charge in [0.15, 0.2) is 17.5 Å². The van der Waals surface area contributed by atoms with Crippen molar-refractivity contribution in [2.24, 2.45) is 42.0 Å². The molecule has 2 saturated carbocycles. The maximum Gasteiger partial charge on any atom is 0.166 e. The van der Waals surface area contributed by atoms with E-state index in [0.29, 0.717) is 25.2 Å². The van der Waals surface area contributed by atoms with Gasteiger partial charge in [-0.15, -0.1) is 90.7 Å². The molecule has 0 saturated heterocycles. The average Bonchev–Trinajstić information content (AvgIpc) is 1.59. The van der Waals surface area contributed by atoms with Gasteiger partial charge in [0.2, 0.25) is 0 Å². The number of aryl methyl sites for hydroxylation is 19. The third-order valence-corrected chi connectivity index (χ3v) is 33.4. The predicted octanol–water partition coefficient (Wildman–Crippen LogP) is 23.5. The number of hydrogen-bond donors (Lipinski definition) is 6. The number of fused-ring (bicyclic) bond motifs is 18. The van der Waals surface area contributed by atoms with E-state index < -0.39 is 0 Å². The van der Waals surface area contributed by atoms with Crippen LogP contribution in [0.15, 0.2) is 61.3 Å². The Bertz CT molecular complexity index is 7330. The lowest BCUT2D eigenvalue weighted by Gasteiger charge is -2.23. The Morgan fingerprint density at radius 3 is 1.33 bits per heavy atom. The molecule has 18 aromatic rings. The topological polar surface area (TPSA) is 292 Å². The highest BCUT2D eigenvalue weighted by Gasteiger charge is 2.33. The van der Waals surface area contributed by atoms with Crippen LogP contribution in [0.1, 0.15) is 195 Å². The Balaban J connectivity index is 0.000000105. The summed E-state index contributed by atoms with van der Waals surface area (Å²) in [5, 5.41) is 51.4. The summed E-state index contributed by atoms with van der Waals surface area (Å²) in [6, 6.07) is 13.8. The number of nitrogens with zero attached hydrogens (tertiary/aromatic N) is 18. The summed E-state index contributed by atoms with van der Waals surface area (Å²) in [6.45, 7) is 42.7. The van der Waals surface area contributed by atoms with Crippen LogP contribution in [-0.4, -0.2) is 111 Å². The summed E-state index contributed by atoms with van der Waals surface area (Å²) >= 11 is 20.2. The molecule has 23 rings (SSSR count). The Morgan fingerprint density at radius 2 is 0.876 bits per heavy atom. The van der Waals surface area contributed by atoms with Gasteiger partial charge in [-0.05, 0) is 220 Å². The second kappa shape index (κ2) is 36.8. The Morgan fingerprint density at radius 1 is 0.442 bits per heavy atom. The minimum Gasteiger partial charge on any atom is -0.369 e. The summed E-state index contributed by atoms with van der Waals surface area (Å²) in [4.78, 5) is 62.9. The molecule has 2 fully saturated rings. The minimum atomic E-state index is 0.513. The molecular formula is C95H107ClN24OS8. The van der Waals surface area contributed by atoms with Crippen LogP contribution in [-0.2, 0) is 60.4 Å². The fourth-order valence-electron chi connectivity index (χ4n) is 18.1. The molecular weight excluding hydrogens is 1790 g/mol. The fraction of sp³-hybridized carbons (Fsp3) is 0.400. The largest absolute Gasteiger partial charge is 0.369 e. The SMILES string of the molecule is CCNC1=NCc2c1sc1nc(C)cc(C)c21.Cc1cc(C)c2c(n1)sc1c(NCc3cc(C)on3)nn(C)c12.Cc1cc(C)c2c(n1)sc1c(NCc3sc(C)nc3C)nn(C)c12.Cc1cc(C)c2c3c(sc2n1)C(NC1CCCCC1)=NC3.Cc1csc(CNc2nn(C)c3c2sc2nc(C)cc(C)c23)n1.Cc1nc2sc3c(c2c(C)c1Cl)CN=C3NC(C)C1CC1. The molecule has 0 spiro atoms. The van der Waals surface area contributed by atoms with Crippen molar-refractivity contribution < 1.29 is 4.52 Å². The number of thiophene rings is 6. The molecule has 6 N–H and O–H groups in total. The maximum atomic E-state index is 6.37. The van der Waals surface area contributed by atoms with Crippen molar-refractivity contribution in [1.29, 1.82) is 0 Å². The van der Waals surface area contributed by atoms with Gasteiger partial charge in [0.25, 0.3) is 0 Å². The van der Waals surface area contributed by atoms with Crippen LogP contribution in [0.2, 0.25) is 5.02 Å². The van der Waals surface area contributed by atoms with Crippen molar-refractivity contribution in [1.82, 2.24) is 90.3 Å². The third-order valence-electron chi connectivity index (χ3n) is 24.1. The molecule has 3 aliphatic heterocycles. The Kier molecular flexibility index (Phi) is 25.4. The quantitative estimate of drug-likeness (QED) is 0.0625. The van der Waals surface area contributed by atoms with E-state index >= 15 is 0 Å². The zero-order valence-corrected chi connectivity index (χ0v) is 84.1. The Hall–Kier alpha value is -10.4. The van der Waals surface area contributed by atoms with E-state index in [9.17, 15) is 0 Å². The second-order valence-corrected chi connectivity index (χ2v) is 43.1. The van der Waals surface area contributed by atoms with Crippen molar-refractivity contribution >= 4 is 229 Å². The van der Waals surface area contributed by atoms with E-state index in [1.165, 1.54) is 156 Å². The lowest BCUT2D eigenvalue weighted by Crippen LogP contribution is -2.35. The van der Waals surface area contributed by atoms with E-state index in [1.54, 1.807) is 79.4 Å². The number of nitrogens with one attached hydrogen (secondary N) is 6. The van der Waals surface area contributed by atoms with E-state index in [1.807, 2.05) is 101 Å². The van der Waals surface area contributed by atoms with E-state index in [0.717, 1.165) is 196 Å². The molecule has 129 heavy (non-hydrogen) atoms. The van der Waals surface area contributed by atoms with Gasteiger partial charge in [-0.1, -0.05) is 36.0 Å². The third kappa shape index (κ3) is 18.0. The summed E-state index contributed by atoms with van der Waals surface area (Å²) in [7, 11) is 5.97. The molecule has 34 heteroatoms. The number of halogens is 1. The summed E-state index contributed by atoms with van der Waals surface area (Å²) in [6.07, 6.45) is 9.35. The number of aliphatic imine (C=N–C) groups is 3. The highest BCUT2D eigenvalue weighted by molar-refractivity contribution is 7.27. The predicted molar refractivity (Wildman–Crippen MR) is 544 cm³/mol. The van der Waals surface area contributed by atoms with Gasteiger partial charge in [0.1, 0.15) is 63.0 Å². The number of pyridine rings is 6. The van der Waals surface area contributed by atoms with Crippen molar-refractivity contribution in [2.75, 3.05) is 22.5 Å². The molecule has 1 unspecified atom stereocenters. The van der Waals surface area contributed by atoms with Crippen molar-refractivity contribution in [3.05, 3.63) is 183 Å². The number of thiazole rings is 2. The molecule has 18 aromatic heterocycles. The van der Waals surface area contributed by atoms with E-state index in [2.05, 4.69) is 199 Å². The van der Waals surface area contributed by atoms with Crippen LogP contribution in [0.5, 0.6) is 0 Å². The number of amidine groups is 3. The molecule has 21 heterocycles. The molecule has 2 aliphatic carbocycles. The van der Waals surface area contributed by atoms with Crippen LogP contribution in [0.4, 0.5) is 17.5 Å². The first-order chi connectivity index (χ1) is 62.0. The van der Waals surface area contributed by atoms with Gasteiger partial charge in [-0.25, -0.2) is 39.9 Å². The molecule has 0 amide bonds. The van der Waals surface area contributed by atoms with Crippen molar-refractivity contribution in [2.45, 2.75) is 221 Å². The summed E-state index contributed by atoms with van der Waals surface area (Å²) < 4.78 is 14.4. The first-order valence-corrected chi connectivity index (χ1v) is 50.9. The highest BCUT2D eigenvalue weighted by atomic mass is 35.5. The molecule has 25 nitrogen and oxygen atoms in total. The van der Waals surface area contributed by atoms with Gasteiger partial charge < -0.3 is 36.4 Å². The number of rotatable bonds is 13. The monoisotopic (exact) mass is 1890 g/mol. The van der Waals surface area contributed by atoms with Crippen LogP contribution in [0.25, 0.3) is 91.9 Å². The van der Waals surface area contributed by atoms with Crippen LogP contribution in [0, 0.1) is 117 Å². The van der Waals surface area contributed by atoms with Crippen molar-refractivity contribution in [3.63, 3.8) is 0 Å². The molecule has 668 valence electrons. The van der Waals surface area contributed by atoms with Gasteiger partial charge in [0, 0.05) is 139 Å². The Labute approximate surface area is 786 Å². The lowest BCUT2D eigenvalue weighted by molar-refractivity contribution is 0.391. The number of hydrogen-bond acceptors (Lipinski definition) is 30. The first-order valence-electron chi connectivity index (χ1n) is 43.9. The minimum absolute atomic E-state index is 0.513. The molecule has 0 aromatic carbocycles. The summed E-state index contributed by atoms with van der Waals surface area (Å²) in [5.74, 6) is 7.56. The lowest BCUT2D eigenvalue weighted by atomic mass is 9.95. The van der Waals surface area contributed by atoms with Crippen LogP contribution >= 0.6 is 102 Å². The van der Waals surface area contributed by atoms with Gasteiger partial charge in [0.05, 0.1) is 106 Å². The number of aromatic nitrogens is 15. The second-order valence-electron chi connectivity index (χ2n) is 34.5. The van der Waals surface area contributed by atoms with Gasteiger partial charge >= 0.3 is 0 Å². The van der Waals surface area contributed by atoms with E-state index in [4.69, 9.17) is 36.1 Å². The highest BCUT2D eigenvalue weighted by Crippen LogP contribution is 2.46. The van der Waals surface area contributed by atoms with Crippen LogP contribution < -0.4 is 31.9 Å². The number of anilines is 3. The molecule has 1 atom stereocenters. The van der Waals surface area contributed by atoms with E-state index in [-0.39, 0.29) is 0 Å². The first kappa shape index (κ1) is 89.2. The smallest absolute Gasteiger partial charge is 0.166 e. The molecule has 0 radical (unpaired) electrons.